The van der Waals surface area contributed by atoms with Gasteiger partial charge in [0.2, 0.25) is 0 Å². The fraction of sp³-hybridized carbons (Fsp3) is 0.300. The molecule has 1 aromatic carbocycles. The van der Waals surface area contributed by atoms with E-state index in [0.717, 1.165) is 5.56 Å². The first-order valence-corrected chi connectivity index (χ1v) is 4.23. The molecule has 0 saturated heterocycles. The maximum atomic E-state index is 8.43. The van der Waals surface area contributed by atoms with E-state index in [1.54, 1.807) is 0 Å². The third-order valence-corrected chi connectivity index (χ3v) is 1.98. The maximum Gasteiger partial charge on any atom is 0.170 e. The lowest BCUT2D eigenvalue weighted by Crippen LogP contribution is -2.12. The van der Waals surface area contributed by atoms with Gasteiger partial charge in [0.15, 0.2) is 5.84 Å². The fourth-order valence-electron chi connectivity index (χ4n) is 1.10. The van der Waals surface area contributed by atoms with Crippen LogP contribution in [0.5, 0.6) is 0 Å². The monoisotopic (exact) mass is 178 g/mol. The van der Waals surface area contributed by atoms with E-state index in [1.165, 1.54) is 5.56 Å². The van der Waals surface area contributed by atoms with Crippen LogP contribution in [-0.4, -0.2) is 11.0 Å². The molecule has 0 atom stereocenters. The molecule has 13 heavy (non-hydrogen) atoms. The zero-order chi connectivity index (χ0) is 9.84. The second kappa shape index (κ2) is 3.94. The van der Waals surface area contributed by atoms with Crippen LogP contribution in [0.1, 0.15) is 30.9 Å². The number of rotatable bonds is 2. The summed E-state index contributed by atoms with van der Waals surface area (Å²) in [6, 6.07) is 7.67. The Hall–Kier alpha value is -1.51. The standard InChI is InChI=1S/C10H14N2O/c1-7(2)8-3-5-9(6-4-8)10(11)12-13/h3-7,13H,1-2H3,(H2,11,12). The van der Waals surface area contributed by atoms with Gasteiger partial charge in [-0.2, -0.15) is 0 Å². The van der Waals surface area contributed by atoms with Crippen molar-refractivity contribution < 1.29 is 5.21 Å². The highest BCUT2D eigenvalue weighted by Gasteiger charge is 2.01. The lowest BCUT2D eigenvalue weighted by molar-refractivity contribution is 0.318. The Bertz CT molecular complexity index is 301. The van der Waals surface area contributed by atoms with Crippen LogP contribution in [0.3, 0.4) is 0 Å². The van der Waals surface area contributed by atoms with Crippen LogP contribution in [0, 0.1) is 0 Å². The first-order chi connectivity index (χ1) is 6.15. The average Bonchev–Trinajstić information content (AvgIpc) is 2.17. The summed E-state index contributed by atoms with van der Waals surface area (Å²) in [7, 11) is 0. The van der Waals surface area contributed by atoms with E-state index in [-0.39, 0.29) is 5.84 Å². The summed E-state index contributed by atoms with van der Waals surface area (Å²) in [5.41, 5.74) is 7.41. The molecule has 0 radical (unpaired) electrons. The van der Waals surface area contributed by atoms with Gasteiger partial charge in [-0.15, -0.1) is 0 Å². The molecule has 0 saturated carbocycles. The zero-order valence-electron chi connectivity index (χ0n) is 7.86. The molecular formula is C10H14N2O. The Morgan fingerprint density at radius 3 is 2.23 bits per heavy atom. The molecule has 0 spiro atoms. The zero-order valence-corrected chi connectivity index (χ0v) is 7.86. The number of nitrogens with two attached hydrogens (primary N) is 1. The third-order valence-electron chi connectivity index (χ3n) is 1.98. The molecule has 1 rings (SSSR count). The van der Waals surface area contributed by atoms with Gasteiger partial charge in [0.25, 0.3) is 0 Å². The minimum atomic E-state index is 0.148. The normalized spacial score (nSPS) is 12.1. The highest BCUT2D eigenvalue weighted by atomic mass is 16.4. The lowest BCUT2D eigenvalue weighted by Gasteiger charge is -2.05. The van der Waals surface area contributed by atoms with Crippen LogP contribution in [0.25, 0.3) is 0 Å². The highest BCUT2D eigenvalue weighted by Crippen LogP contribution is 2.14. The van der Waals surface area contributed by atoms with E-state index in [1.807, 2.05) is 24.3 Å². The van der Waals surface area contributed by atoms with Crippen molar-refractivity contribution in [2.45, 2.75) is 19.8 Å². The number of amidine groups is 1. The van der Waals surface area contributed by atoms with Crippen molar-refractivity contribution in [3.05, 3.63) is 35.4 Å². The van der Waals surface area contributed by atoms with Crippen molar-refractivity contribution >= 4 is 5.84 Å². The van der Waals surface area contributed by atoms with Crippen LogP contribution in [0.2, 0.25) is 0 Å². The Labute approximate surface area is 77.9 Å². The summed E-state index contributed by atoms with van der Waals surface area (Å²) in [5, 5.41) is 11.4. The van der Waals surface area contributed by atoms with Crippen molar-refractivity contribution in [3.63, 3.8) is 0 Å². The Morgan fingerprint density at radius 1 is 1.31 bits per heavy atom. The first kappa shape index (κ1) is 9.58. The van der Waals surface area contributed by atoms with E-state index < -0.39 is 0 Å². The van der Waals surface area contributed by atoms with Crippen LogP contribution in [0.4, 0.5) is 0 Å². The summed E-state index contributed by atoms with van der Waals surface area (Å²) in [6.45, 7) is 4.25. The maximum absolute atomic E-state index is 8.43. The van der Waals surface area contributed by atoms with Gasteiger partial charge in [-0.3, -0.25) is 0 Å². The van der Waals surface area contributed by atoms with Gasteiger partial charge in [0, 0.05) is 5.56 Å². The molecular weight excluding hydrogens is 164 g/mol. The molecule has 0 unspecified atom stereocenters. The van der Waals surface area contributed by atoms with Gasteiger partial charge in [0.05, 0.1) is 0 Å². The second-order valence-electron chi connectivity index (χ2n) is 3.26. The van der Waals surface area contributed by atoms with E-state index in [0.29, 0.717) is 5.92 Å². The molecule has 1 aromatic rings. The largest absolute Gasteiger partial charge is 0.409 e. The van der Waals surface area contributed by atoms with Gasteiger partial charge < -0.3 is 10.9 Å². The Balaban J connectivity index is 2.94. The van der Waals surface area contributed by atoms with E-state index in [2.05, 4.69) is 19.0 Å². The molecule has 70 valence electrons. The SMILES string of the molecule is CC(C)c1ccc(/C(N)=N\O)cc1. The number of hydrogen-bond acceptors (Lipinski definition) is 2. The lowest BCUT2D eigenvalue weighted by atomic mass is 10.0. The van der Waals surface area contributed by atoms with Crippen molar-refractivity contribution in [3.8, 4) is 0 Å². The average molecular weight is 178 g/mol. The number of nitrogens with zero attached hydrogens (tertiary/aromatic N) is 1. The quantitative estimate of drug-likeness (QED) is 0.314. The molecule has 3 heteroatoms. The summed E-state index contributed by atoms with van der Waals surface area (Å²) in [4.78, 5) is 0. The first-order valence-electron chi connectivity index (χ1n) is 4.23. The molecule has 0 amide bonds. The second-order valence-corrected chi connectivity index (χ2v) is 3.26. The fourth-order valence-corrected chi connectivity index (χ4v) is 1.10. The molecule has 0 aliphatic heterocycles. The van der Waals surface area contributed by atoms with Crippen LogP contribution >= 0.6 is 0 Å². The third kappa shape index (κ3) is 2.21. The van der Waals surface area contributed by atoms with Crippen molar-refractivity contribution in [1.29, 1.82) is 0 Å². The van der Waals surface area contributed by atoms with Crippen LogP contribution < -0.4 is 5.73 Å². The van der Waals surface area contributed by atoms with Gasteiger partial charge in [-0.25, -0.2) is 0 Å². The Morgan fingerprint density at radius 2 is 1.85 bits per heavy atom. The van der Waals surface area contributed by atoms with Crippen molar-refractivity contribution in [2.75, 3.05) is 0 Å². The topological polar surface area (TPSA) is 58.6 Å². The summed E-state index contributed by atoms with van der Waals surface area (Å²) in [5.74, 6) is 0.650. The highest BCUT2D eigenvalue weighted by molar-refractivity contribution is 5.96. The number of benzene rings is 1. The molecule has 3 nitrogen and oxygen atoms in total. The molecule has 0 fully saturated rings. The smallest absolute Gasteiger partial charge is 0.170 e. The Kier molecular flexibility index (Phi) is 2.90. The number of hydrogen-bond donors (Lipinski definition) is 2. The molecule has 0 aliphatic carbocycles. The van der Waals surface area contributed by atoms with Gasteiger partial charge in [-0.05, 0) is 11.5 Å². The predicted octanol–water partition coefficient (Wildman–Crippen LogP) is 1.90. The minimum Gasteiger partial charge on any atom is -0.409 e. The van der Waals surface area contributed by atoms with Crippen LogP contribution in [-0.2, 0) is 0 Å². The number of oxime groups is 1. The van der Waals surface area contributed by atoms with E-state index in [4.69, 9.17) is 10.9 Å². The van der Waals surface area contributed by atoms with Gasteiger partial charge >= 0.3 is 0 Å². The van der Waals surface area contributed by atoms with Crippen molar-refractivity contribution in [1.82, 2.24) is 0 Å². The van der Waals surface area contributed by atoms with Gasteiger partial charge in [-0.1, -0.05) is 43.3 Å². The summed E-state index contributed by atoms with van der Waals surface area (Å²) < 4.78 is 0. The molecule has 0 heterocycles. The van der Waals surface area contributed by atoms with Crippen LogP contribution in [0.15, 0.2) is 29.4 Å². The minimum absolute atomic E-state index is 0.148. The summed E-state index contributed by atoms with van der Waals surface area (Å²) >= 11 is 0. The van der Waals surface area contributed by atoms with Gasteiger partial charge in [0.1, 0.15) is 0 Å². The van der Waals surface area contributed by atoms with Crippen molar-refractivity contribution in [2.24, 2.45) is 10.9 Å². The predicted molar refractivity (Wildman–Crippen MR) is 53.0 cm³/mol. The van der Waals surface area contributed by atoms with E-state index >= 15 is 0 Å². The summed E-state index contributed by atoms with van der Waals surface area (Å²) in [6.07, 6.45) is 0. The molecule has 0 bridgehead atoms. The molecule has 3 N–H and O–H groups in total. The van der Waals surface area contributed by atoms with E-state index in [9.17, 15) is 0 Å². The molecule has 0 aromatic heterocycles. The molecule has 0 aliphatic rings.